The number of hydrogen-bond acceptors (Lipinski definition) is 4. The van der Waals surface area contributed by atoms with Gasteiger partial charge < -0.3 is 15.0 Å². The molecule has 7 nitrogen and oxygen atoms in total. The predicted octanol–water partition coefficient (Wildman–Crippen LogP) is 1.66. The Morgan fingerprint density at radius 1 is 1.31 bits per heavy atom. The van der Waals surface area contributed by atoms with Crippen molar-refractivity contribution in [2.45, 2.75) is 44.8 Å². The lowest BCUT2D eigenvalue weighted by Crippen LogP contribution is -2.55. The maximum atomic E-state index is 13.8. The molecule has 2 aliphatic rings. The number of carbonyl (C=O) groups is 3. The molecule has 2 atom stereocenters. The van der Waals surface area contributed by atoms with Crippen molar-refractivity contribution < 1.29 is 23.5 Å². The smallest absolute Gasteiger partial charge is 0.322 e. The number of carbonyl (C=O) groups excluding carboxylic acids is 3. The number of halogens is 1. The van der Waals surface area contributed by atoms with Gasteiger partial charge in [-0.1, -0.05) is 13.8 Å². The lowest BCUT2D eigenvalue weighted by atomic mass is 9.81. The van der Waals surface area contributed by atoms with Crippen LogP contribution in [-0.4, -0.2) is 41.9 Å². The standard InChI is InChI=1S/C18H22FN3O4/c1-3-7-22(8-4-2)15(23)14-10-18(16(24)20-17(25)21-18)12-9-11(19)5-6-13(12)26-14/h5-6,9,14H,3-4,7-8,10H2,1-2H3,(H2,20,21,24,25)/t14-,18-/m0/s1. The Kier molecular flexibility index (Phi) is 4.84. The van der Waals surface area contributed by atoms with E-state index in [1.54, 1.807) is 4.90 Å². The molecular formula is C18H22FN3O4. The van der Waals surface area contributed by atoms with Crippen LogP contribution in [-0.2, 0) is 15.1 Å². The molecule has 26 heavy (non-hydrogen) atoms. The summed E-state index contributed by atoms with van der Waals surface area (Å²) >= 11 is 0. The number of benzene rings is 1. The summed E-state index contributed by atoms with van der Waals surface area (Å²) in [5.74, 6) is -1.17. The van der Waals surface area contributed by atoms with E-state index in [0.717, 1.165) is 18.9 Å². The number of nitrogens with zero attached hydrogens (tertiary/aromatic N) is 1. The van der Waals surface area contributed by atoms with E-state index in [0.29, 0.717) is 13.1 Å². The average molecular weight is 363 g/mol. The van der Waals surface area contributed by atoms with Crippen molar-refractivity contribution in [2.24, 2.45) is 0 Å². The van der Waals surface area contributed by atoms with Crippen molar-refractivity contribution >= 4 is 17.8 Å². The summed E-state index contributed by atoms with van der Waals surface area (Å²) in [6, 6.07) is 3.08. The summed E-state index contributed by atoms with van der Waals surface area (Å²) in [6.07, 6.45) is 0.574. The minimum Gasteiger partial charge on any atom is -0.480 e. The Hall–Kier alpha value is -2.64. The Morgan fingerprint density at radius 3 is 2.58 bits per heavy atom. The number of amides is 4. The molecule has 2 heterocycles. The van der Waals surface area contributed by atoms with Gasteiger partial charge in [0.25, 0.3) is 11.8 Å². The van der Waals surface area contributed by atoms with Gasteiger partial charge in [-0.25, -0.2) is 9.18 Å². The number of fused-ring (bicyclic) bond motifs is 2. The zero-order valence-corrected chi connectivity index (χ0v) is 14.8. The summed E-state index contributed by atoms with van der Waals surface area (Å²) in [5.41, 5.74) is -1.28. The van der Waals surface area contributed by atoms with Crippen molar-refractivity contribution in [3.8, 4) is 5.75 Å². The Morgan fingerprint density at radius 2 is 2.00 bits per heavy atom. The lowest BCUT2D eigenvalue weighted by molar-refractivity contribution is -0.142. The summed E-state index contributed by atoms with van der Waals surface area (Å²) in [5, 5.41) is 4.76. The second-order valence-electron chi connectivity index (χ2n) is 6.59. The van der Waals surface area contributed by atoms with Crippen LogP contribution >= 0.6 is 0 Å². The lowest BCUT2D eigenvalue weighted by Gasteiger charge is -2.38. The molecule has 0 saturated carbocycles. The molecule has 140 valence electrons. The molecule has 8 heteroatoms. The van der Waals surface area contributed by atoms with Crippen LogP contribution in [0, 0.1) is 5.82 Å². The van der Waals surface area contributed by atoms with Crippen LogP contribution < -0.4 is 15.4 Å². The van der Waals surface area contributed by atoms with Gasteiger partial charge in [-0.05, 0) is 31.0 Å². The van der Waals surface area contributed by atoms with E-state index in [2.05, 4.69) is 10.6 Å². The first-order valence-electron chi connectivity index (χ1n) is 8.80. The monoisotopic (exact) mass is 363 g/mol. The SMILES string of the molecule is CCCN(CCC)C(=O)[C@@H]1C[C@]2(NC(=O)NC2=O)c2cc(F)ccc2O1. The number of ether oxygens (including phenoxy) is 1. The predicted molar refractivity (Wildman–Crippen MR) is 90.9 cm³/mol. The molecule has 0 bridgehead atoms. The first-order valence-corrected chi connectivity index (χ1v) is 8.80. The van der Waals surface area contributed by atoms with Gasteiger partial charge in [-0.15, -0.1) is 0 Å². The van der Waals surface area contributed by atoms with Crippen molar-refractivity contribution in [2.75, 3.05) is 13.1 Å². The third-order valence-corrected chi connectivity index (χ3v) is 4.68. The fourth-order valence-electron chi connectivity index (χ4n) is 3.56. The molecule has 2 N–H and O–H groups in total. The number of hydrogen-bond donors (Lipinski definition) is 2. The van der Waals surface area contributed by atoms with Gasteiger partial charge in [0.2, 0.25) is 0 Å². The van der Waals surface area contributed by atoms with Crippen molar-refractivity contribution in [3.63, 3.8) is 0 Å². The summed E-state index contributed by atoms with van der Waals surface area (Å²) < 4.78 is 19.6. The molecule has 1 fully saturated rings. The second kappa shape index (κ2) is 6.93. The first-order chi connectivity index (χ1) is 12.4. The minimum atomic E-state index is -1.50. The minimum absolute atomic E-state index is 0.0796. The summed E-state index contributed by atoms with van der Waals surface area (Å²) in [7, 11) is 0. The Bertz CT molecular complexity index is 748. The fourth-order valence-corrected chi connectivity index (χ4v) is 3.56. The van der Waals surface area contributed by atoms with E-state index >= 15 is 0 Å². The molecule has 0 radical (unpaired) electrons. The molecule has 0 aromatic heterocycles. The summed E-state index contributed by atoms with van der Waals surface area (Å²) in [6.45, 7) is 5.10. The highest BCUT2D eigenvalue weighted by atomic mass is 19.1. The molecule has 1 spiro atoms. The molecule has 2 aliphatic heterocycles. The third kappa shape index (κ3) is 3.00. The highest BCUT2D eigenvalue weighted by Crippen LogP contribution is 2.42. The zero-order valence-electron chi connectivity index (χ0n) is 14.8. The Balaban J connectivity index is 1.99. The van der Waals surface area contributed by atoms with Gasteiger partial charge in [-0.3, -0.25) is 14.9 Å². The molecule has 4 amide bonds. The van der Waals surface area contributed by atoms with E-state index in [4.69, 9.17) is 4.74 Å². The number of rotatable bonds is 5. The number of urea groups is 1. The van der Waals surface area contributed by atoms with Crippen LogP contribution in [0.5, 0.6) is 5.75 Å². The van der Waals surface area contributed by atoms with Gasteiger partial charge in [-0.2, -0.15) is 0 Å². The molecule has 1 aromatic carbocycles. The van der Waals surface area contributed by atoms with Gasteiger partial charge in [0.05, 0.1) is 0 Å². The highest BCUT2D eigenvalue weighted by Gasteiger charge is 2.55. The quantitative estimate of drug-likeness (QED) is 0.779. The molecule has 0 unspecified atom stereocenters. The number of nitrogens with one attached hydrogen (secondary N) is 2. The van der Waals surface area contributed by atoms with E-state index in [9.17, 15) is 18.8 Å². The maximum Gasteiger partial charge on any atom is 0.322 e. The topological polar surface area (TPSA) is 87.7 Å². The first kappa shape index (κ1) is 18.2. The van der Waals surface area contributed by atoms with Crippen LogP contribution in [0.25, 0.3) is 0 Å². The largest absolute Gasteiger partial charge is 0.480 e. The molecule has 1 saturated heterocycles. The van der Waals surface area contributed by atoms with Gasteiger partial charge in [0.1, 0.15) is 11.6 Å². The molecule has 3 rings (SSSR count). The van der Waals surface area contributed by atoms with Gasteiger partial charge >= 0.3 is 6.03 Å². The number of imide groups is 1. The van der Waals surface area contributed by atoms with E-state index < -0.39 is 29.4 Å². The van der Waals surface area contributed by atoms with Gasteiger partial charge in [0.15, 0.2) is 11.6 Å². The molecule has 0 aliphatic carbocycles. The van der Waals surface area contributed by atoms with Crippen molar-refractivity contribution in [1.82, 2.24) is 15.5 Å². The van der Waals surface area contributed by atoms with Crippen LogP contribution in [0.3, 0.4) is 0 Å². The third-order valence-electron chi connectivity index (χ3n) is 4.68. The fraction of sp³-hybridized carbons (Fsp3) is 0.500. The van der Waals surface area contributed by atoms with Crippen molar-refractivity contribution in [3.05, 3.63) is 29.6 Å². The maximum absolute atomic E-state index is 13.8. The van der Waals surface area contributed by atoms with Crippen LogP contribution in [0.1, 0.15) is 38.7 Å². The van der Waals surface area contributed by atoms with E-state index in [-0.39, 0.29) is 23.6 Å². The highest BCUT2D eigenvalue weighted by molar-refractivity contribution is 6.08. The second-order valence-corrected chi connectivity index (χ2v) is 6.59. The Labute approximate surface area is 150 Å². The van der Waals surface area contributed by atoms with E-state index in [1.165, 1.54) is 12.1 Å². The zero-order chi connectivity index (χ0) is 18.9. The van der Waals surface area contributed by atoms with Crippen LogP contribution in [0.2, 0.25) is 0 Å². The van der Waals surface area contributed by atoms with E-state index in [1.807, 2.05) is 13.8 Å². The molecule has 1 aromatic rings. The van der Waals surface area contributed by atoms with Crippen LogP contribution in [0.15, 0.2) is 18.2 Å². The molecular weight excluding hydrogens is 341 g/mol. The summed E-state index contributed by atoms with van der Waals surface area (Å²) in [4.78, 5) is 39.0. The van der Waals surface area contributed by atoms with Crippen LogP contribution in [0.4, 0.5) is 9.18 Å². The van der Waals surface area contributed by atoms with Gasteiger partial charge in [0, 0.05) is 25.1 Å². The van der Waals surface area contributed by atoms with Crippen molar-refractivity contribution in [1.29, 1.82) is 0 Å². The normalized spacial score (nSPS) is 23.9. The average Bonchev–Trinajstić information content (AvgIpc) is 2.88.